The molecular formula is C13H12F3N3O2. The average Bonchev–Trinajstić information content (AvgIpc) is 2.91. The lowest BCUT2D eigenvalue weighted by Crippen LogP contribution is -2.30. The number of rotatable bonds is 4. The van der Waals surface area contributed by atoms with E-state index in [0.717, 1.165) is 6.07 Å². The lowest BCUT2D eigenvalue weighted by Gasteiger charge is -2.17. The van der Waals surface area contributed by atoms with Crippen molar-refractivity contribution in [2.45, 2.75) is 19.2 Å². The number of halogens is 3. The summed E-state index contributed by atoms with van der Waals surface area (Å²) in [6.45, 7) is 1.36. The van der Waals surface area contributed by atoms with Crippen LogP contribution in [0.5, 0.6) is 5.75 Å². The first kappa shape index (κ1) is 14.9. The Balaban J connectivity index is 2.09. The number of carbonyl (C=O) groups is 1. The number of nitrogens with one attached hydrogen (secondary N) is 2. The smallest absolute Gasteiger partial charge is 0.419 e. The van der Waals surface area contributed by atoms with E-state index >= 15 is 0 Å². The number of amides is 1. The van der Waals surface area contributed by atoms with Gasteiger partial charge in [-0.2, -0.15) is 18.3 Å². The summed E-state index contributed by atoms with van der Waals surface area (Å²) in [5, 5.41) is 8.60. The minimum Gasteiger partial charge on any atom is -0.480 e. The van der Waals surface area contributed by atoms with Crippen molar-refractivity contribution in [1.82, 2.24) is 10.2 Å². The lowest BCUT2D eigenvalue weighted by molar-refractivity contribution is -0.140. The van der Waals surface area contributed by atoms with Crippen LogP contribution in [0.1, 0.15) is 12.5 Å². The molecule has 0 bridgehead atoms. The molecule has 0 saturated carbocycles. The molecule has 1 aromatic carbocycles. The summed E-state index contributed by atoms with van der Waals surface area (Å²) >= 11 is 0. The number of H-pyrrole nitrogens is 1. The molecular weight excluding hydrogens is 287 g/mol. The third-order valence-electron chi connectivity index (χ3n) is 2.63. The van der Waals surface area contributed by atoms with E-state index in [1.807, 2.05) is 0 Å². The molecule has 2 rings (SSSR count). The van der Waals surface area contributed by atoms with Crippen LogP contribution in [0, 0.1) is 0 Å². The number of benzene rings is 1. The largest absolute Gasteiger partial charge is 0.480 e. The number of aromatic amines is 1. The molecule has 5 nitrogen and oxygen atoms in total. The Hall–Kier alpha value is -2.51. The summed E-state index contributed by atoms with van der Waals surface area (Å²) < 4.78 is 43.6. The average molecular weight is 299 g/mol. The van der Waals surface area contributed by atoms with Gasteiger partial charge in [-0.1, -0.05) is 12.1 Å². The molecule has 0 aliphatic heterocycles. The van der Waals surface area contributed by atoms with E-state index in [1.54, 1.807) is 0 Å². The molecule has 1 amide bonds. The predicted molar refractivity (Wildman–Crippen MR) is 68.8 cm³/mol. The number of para-hydroxylation sites is 1. The zero-order valence-electron chi connectivity index (χ0n) is 10.9. The molecule has 2 aromatic rings. The third-order valence-corrected chi connectivity index (χ3v) is 2.63. The van der Waals surface area contributed by atoms with Crippen LogP contribution in [0.25, 0.3) is 0 Å². The highest BCUT2D eigenvalue weighted by Crippen LogP contribution is 2.36. The Kier molecular flexibility index (Phi) is 4.15. The van der Waals surface area contributed by atoms with Crippen LogP contribution in [0.3, 0.4) is 0 Å². The molecule has 0 spiro atoms. The van der Waals surface area contributed by atoms with Crippen LogP contribution >= 0.6 is 0 Å². The normalized spacial score (nSPS) is 12.8. The molecule has 0 saturated heterocycles. The van der Waals surface area contributed by atoms with Crippen molar-refractivity contribution >= 4 is 11.6 Å². The minimum absolute atomic E-state index is 0.389. The number of alkyl halides is 3. The number of nitrogens with zero attached hydrogens (tertiary/aromatic N) is 1. The predicted octanol–water partition coefficient (Wildman–Crippen LogP) is 2.83. The zero-order chi connectivity index (χ0) is 15.5. The third kappa shape index (κ3) is 3.74. The SMILES string of the molecule is CC(Oc1ccccc1C(F)(F)F)C(=O)Nc1cn[nH]c1. The van der Waals surface area contributed by atoms with Crippen LogP contribution in [0.2, 0.25) is 0 Å². The van der Waals surface area contributed by atoms with E-state index in [4.69, 9.17) is 4.74 Å². The lowest BCUT2D eigenvalue weighted by atomic mass is 10.2. The van der Waals surface area contributed by atoms with Gasteiger partial charge in [-0.05, 0) is 19.1 Å². The summed E-state index contributed by atoms with van der Waals surface area (Å²) in [6.07, 6.45) is -2.83. The maximum Gasteiger partial charge on any atom is 0.419 e. The number of hydrogen-bond donors (Lipinski definition) is 2. The van der Waals surface area contributed by atoms with Crippen molar-refractivity contribution in [2.24, 2.45) is 0 Å². The Morgan fingerprint density at radius 3 is 2.71 bits per heavy atom. The first-order valence-corrected chi connectivity index (χ1v) is 6.00. The molecule has 2 N–H and O–H groups in total. The molecule has 1 heterocycles. The van der Waals surface area contributed by atoms with Gasteiger partial charge >= 0.3 is 6.18 Å². The van der Waals surface area contributed by atoms with Gasteiger partial charge in [0.2, 0.25) is 0 Å². The molecule has 0 aliphatic carbocycles. The number of anilines is 1. The Bertz CT molecular complexity index is 611. The van der Waals surface area contributed by atoms with Gasteiger partial charge in [0.1, 0.15) is 5.75 Å². The maximum atomic E-state index is 12.8. The maximum absolute atomic E-state index is 12.8. The van der Waals surface area contributed by atoms with Gasteiger partial charge in [0.25, 0.3) is 5.91 Å². The van der Waals surface area contributed by atoms with Crippen molar-refractivity contribution in [1.29, 1.82) is 0 Å². The second kappa shape index (κ2) is 5.86. The molecule has 1 atom stereocenters. The van der Waals surface area contributed by atoms with Gasteiger partial charge < -0.3 is 10.1 Å². The Morgan fingerprint density at radius 1 is 1.38 bits per heavy atom. The van der Waals surface area contributed by atoms with E-state index in [2.05, 4.69) is 15.5 Å². The van der Waals surface area contributed by atoms with Crippen molar-refractivity contribution in [3.05, 3.63) is 42.2 Å². The van der Waals surface area contributed by atoms with Crippen LogP contribution < -0.4 is 10.1 Å². The molecule has 1 unspecified atom stereocenters. The van der Waals surface area contributed by atoms with Crippen molar-refractivity contribution < 1.29 is 22.7 Å². The highest BCUT2D eigenvalue weighted by molar-refractivity contribution is 5.93. The highest BCUT2D eigenvalue weighted by atomic mass is 19.4. The summed E-state index contributed by atoms with van der Waals surface area (Å²) in [4.78, 5) is 11.8. The number of hydrogen-bond acceptors (Lipinski definition) is 3. The van der Waals surface area contributed by atoms with E-state index in [1.165, 1.54) is 37.5 Å². The molecule has 0 radical (unpaired) electrons. The minimum atomic E-state index is -4.54. The fraction of sp³-hybridized carbons (Fsp3) is 0.231. The quantitative estimate of drug-likeness (QED) is 0.912. The van der Waals surface area contributed by atoms with E-state index in [9.17, 15) is 18.0 Å². The summed E-state index contributed by atoms with van der Waals surface area (Å²) in [5.74, 6) is -0.965. The van der Waals surface area contributed by atoms with Gasteiger partial charge in [-0.25, -0.2) is 0 Å². The second-order valence-corrected chi connectivity index (χ2v) is 4.23. The van der Waals surface area contributed by atoms with Gasteiger partial charge in [-0.15, -0.1) is 0 Å². The van der Waals surface area contributed by atoms with E-state index < -0.39 is 23.8 Å². The number of carbonyl (C=O) groups excluding carboxylic acids is 1. The summed E-state index contributed by atoms with van der Waals surface area (Å²) in [5.41, 5.74) is -0.521. The first-order valence-electron chi connectivity index (χ1n) is 6.00. The van der Waals surface area contributed by atoms with Gasteiger partial charge in [-0.3, -0.25) is 9.89 Å². The van der Waals surface area contributed by atoms with Crippen molar-refractivity contribution in [3.63, 3.8) is 0 Å². The van der Waals surface area contributed by atoms with Gasteiger partial charge in [0.05, 0.1) is 17.4 Å². The molecule has 0 aliphatic rings. The molecule has 0 fully saturated rings. The summed E-state index contributed by atoms with van der Waals surface area (Å²) in [6, 6.07) is 4.73. The Morgan fingerprint density at radius 2 is 2.10 bits per heavy atom. The monoisotopic (exact) mass is 299 g/mol. The van der Waals surface area contributed by atoms with E-state index in [0.29, 0.717) is 5.69 Å². The zero-order valence-corrected chi connectivity index (χ0v) is 10.9. The topological polar surface area (TPSA) is 67.0 Å². The van der Waals surface area contributed by atoms with Crippen LogP contribution in [-0.2, 0) is 11.0 Å². The number of ether oxygens (including phenoxy) is 1. The molecule has 21 heavy (non-hydrogen) atoms. The molecule has 112 valence electrons. The second-order valence-electron chi connectivity index (χ2n) is 4.23. The number of aromatic nitrogens is 2. The van der Waals surface area contributed by atoms with Crippen LogP contribution in [-0.4, -0.2) is 22.2 Å². The molecule has 8 heteroatoms. The van der Waals surface area contributed by atoms with Crippen molar-refractivity contribution in [2.75, 3.05) is 5.32 Å². The molecule has 1 aromatic heterocycles. The van der Waals surface area contributed by atoms with Crippen LogP contribution in [0.15, 0.2) is 36.7 Å². The highest BCUT2D eigenvalue weighted by Gasteiger charge is 2.34. The van der Waals surface area contributed by atoms with Gasteiger partial charge in [0, 0.05) is 6.20 Å². The van der Waals surface area contributed by atoms with Crippen molar-refractivity contribution in [3.8, 4) is 5.75 Å². The van der Waals surface area contributed by atoms with Crippen LogP contribution in [0.4, 0.5) is 18.9 Å². The fourth-order valence-corrected chi connectivity index (χ4v) is 1.61. The van der Waals surface area contributed by atoms with Gasteiger partial charge in [0.15, 0.2) is 6.10 Å². The fourth-order valence-electron chi connectivity index (χ4n) is 1.61. The Labute approximate surface area is 118 Å². The standard InChI is InChI=1S/C13H12F3N3O2/c1-8(12(20)19-9-6-17-18-7-9)21-11-5-3-2-4-10(11)13(14,15)16/h2-8H,1H3,(H,17,18)(H,19,20). The van der Waals surface area contributed by atoms with E-state index in [-0.39, 0.29) is 5.75 Å². The summed E-state index contributed by atoms with van der Waals surface area (Å²) in [7, 11) is 0. The first-order chi connectivity index (χ1) is 9.88.